The first-order valence-electron chi connectivity index (χ1n) is 9.60. The van der Waals surface area contributed by atoms with Crippen LogP contribution < -0.4 is 14.9 Å². The van der Waals surface area contributed by atoms with Gasteiger partial charge in [0, 0.05) is 37.8 Å². The lowest BCUT2D eigenvalue weighted by molar-refractivity contribution is -0.120. The average Bonchev–Trinajstić information content (AvgIpc) is 3.15. The minimum Gasteiger partial charge on any atom is -0.367 e. The first kappa shape index (κ1) is 20.4. The number of nitrogens with one attached hydrogen (secondary N) is 2. The van der Waals surface area contributed by atoms with Crippen LogP contribution in [0.2, 0.25) is 0 Å². The van der Waals surface area contributed by atoms with Crippen molar-refractivity contribution in [2.24, 2.45) is 0 Å². The molecule has 1 amide bonds. The van der Waals surface area contributed by atoms with Gasteiger partial charge in [0.2, 0.25) is 15.9 Å². The molecule has 3 rings (SSSR count). The largest absolute Gasteiger partial charge is 0.367 e. The predicted octanol–water partition coefficient (Wildman–Crippen LogP) is 2.45. The van der Waals surface area contributed by atoms with Crippen LogP contribution >= 0.6 is 0 Å². The highest BCUT2D eigenvalue weighted by Gasteiger charge is 2.25. The zero-order chi connectivity index (χ0) is 20.0. The van der Waals surface area contributed by atoms with Crippen molar-refractivity contribution < 1.29 is 13.2 Å². The Morgan fingerprint density at radius 3 is 2.68 bits per heavy atom. The van der Waals surface area contributed by atoms with Gasteiger partial charge < -0.3 is 10.2 Å². The van der Waals surface area contributed by atoms with E-state index < -0.39 is 10.0 Å². The lowest BCUT2D eigenvalue weighted by atomic mass is 10.2. The second kappa shape index (κ2) is 9.21. The molecule has 1 aliphatic heterocycles. The molecule has 1 fully saturated rings. The molecule has 28 heavy (non-hydrogen) atoms. The van der Waals surface area contributed by atoms with Crippen LogP contribution in [0.1, 0.15) is 24.8 Å². The number of hydrogen-bond acceptors (Lipinski definition) is 4. The van der Waals surface area contributed by atoms with E-state index >= 15 is 0 Å². The Balaban J connectivity index is 1.45. The van der Waals surface area contributed by atoms with E-state index in [1.165, 1.54) is 5.69 Å². The van der Waals surface area contributed by atoms with Gasteiger partial charge in [0.15, 0.2) is 0 Å². The molecule has 2 aromatic carbocycles. The SMILES string of the molecule is Cc1cccc(S(=O)(=O)NCCC(=O)NC[C@@H]2CCCN2c2ccccc2)c1. The van der Waals surface area contributed by atoms with Crippen molar-refractivity contribution in [2.75, 3.05) is 24.5 Å². The fraction of sp³-hybridized carbons (Fsp3) is 0.381. The number of rotatable bonds is 8. The molecule has 0 unspecified atom stereocenters. The average molecular weight is 402 g/mol. The van der Waals surface area contributed by atoms with Crippen LogP contribution in [0, 0.1) is 6.92 Å². The highest BCUT2D eigenvalue weighted by molar-refractivity contribution is 7.89. The molecule has 0 spiro atoms. The number of hydrogen-bond donors (Lipinski definition) is 2. The lowest BCUT2D eigenvalue weighted by Crippen LogP contribution is -2.41. The van der Waals surface area contributed by atoms with E-state index in [0.717, 1.165) is 24.9 Å². The summed E-state index contributed by atoms with van der Waals surface area (Å²) >= 11 is 0. The molecule has 6 nitrogen and oxygen atoms in total. The normalized spacial score (nSPS) is 16.9. The number of nitrogens with zero attached hydrogens (tertiary/aromatic N) is 1. The first-order valence-corrected chi connectivity index (χ1v) is 11.1. The van der Waals surface area contributed by atoms with E-state index in [4.69, 9.17) is 0 Å². The van der Waals surface area contributed by atoms with Crippen molar-refractivity contribution in [3.8, 4) is 0 Å². The number of anilines is 1. The Bertz CT molecular complexity index is 900. The highest BCUT2D eigenvalue weighted by atomic mass is 32.2. The third kappa shape index (κ3) is 5.33. The highest BCUT2D eigenvalue weighted by Crippen LogP contribution is 2.24. The van der Waals surface area contributed by atoms with Gasteiger partial charge in [-0.3, -0.25) is 4.79 Å². The second-order valence-corrected chi connectivity index (χ2v) is 8.86. The molecule has 2 aromatic rings. The number of sulfonamides is 1. The van der Waals surface area contributed by atoms with Crippen LogP contribution in [0.15, 0.2) is 59.5 Å². The maximum Gasteiger partial charge on any atom is 0.240 e. The molecule has 0 saturated carbocycles. The molecule has 7 heteroatoms. The number of carbonyl (C=O) groups excluding carboxylic acids is 1. The summed E-state index contributed by atoms with van der Waals surface area (Å²) in [4.78, 5) is 14.7. The topological polar surface area (TPSA) is 78.5 Å². The monoisotopic (exact) mass is 401 g/mol. The lowest BCUT2D eigenvalue weighted by Gasteiger charge is -2.27. The van der Waals surface area contributed by atoms with Gasteiger partial charge in [-0.25, -0.2) is 13.1 Å². The van der Waals surface area contributed by atoms with Crippen LogP contribution in [-0.4, -0.2) is 40.0 Å². The number of carbonyl (C=O) groups is 1. The summed E-state index contributed by atoms with van der Waals surface area (Å²) in [6.07, 6.45) is 2.25. The summed E-state index contributed by atoms with van der Waals surface area (Å²) in [5, 5.41) is 2.94. The number of aryl methyl sites for hydroxylation is 1. The molecule has 1 aliphatic rings. The molecule has 1 heterocycles. The fourth-order valence-electron chi connectivity index (χ4n) is 3.49. The standard InChI is InChI=1S/C21H27N3O3S/c1-17-7-5-11-20(15-17)28(26,27)23-13-12-21(25)22-16-19-10-6-14-24(19)18-8-3-2-4-9-18/h2-5,7-9,11,15,19,23H,6,10,12-14,16H2,1H3,(H,22,25)/t19-/m0/s1. The first-order chi connectivity index (χ1) is 13.5. The number of amides is 1. The maximum absolute atomic E-state index is 12.3. The van der Waals surface area contributed by atoms with Crippen molar-refractivity contribution in [2.45, 2.75) is 37.1 Å². The summed E-state index contributed by atoms with van der Waals surface area (Å²) in [5.41, 5.74) is 2.05. The molecule has 0 aromatic heterocycles. The van der Waals surface area contributed by atoms with E-state index in [2.05, 4.69) is 27.1 Å². The van der Waals surface area contributed by atoms with Crippen molar-refractivity contribution >= 4 is 21.6 Å². The summed E-state index contributed by atoms with van der Waals surface area (Å²) in [5.74, 6) is -0.146. The Hall–Kier alpha value is -2.38. The maximum atomic E-state index is 12.3. The molecule has 2 N–H and O–H groups in total. The summed E-state index contributed by atoms with van der Waals surface area (Å²) in [6, 6.07) is 17.2. The Kier molecular flexibility index (Phi) is 6.70. The molecule has 0 radical (unpaired) electrons. The van der Waals surface area contributed by atoms with Crippen molar-refractivity contribution in [1.29, 1.82) is 0 Å². The second-order valence-electron chi connectivity index (χ2n) is 7.09. The minimum atomic E-state index is -3.59. The molecule has 1 atom stereocenters. The van der Waals surface area contributed by atoms with Crippen molar-refractivity contribution in [3.05, 3.63) is 60.2 Å². The van der Waals surface area contributed by atoms with Gasteiger partial charge in [0.25, 0.3) is 0 Å². The van der Waals surface area contributed by atoms with E-state index in [-0.39, 0.29) is 29.8 Å². The van der Waals surface area contributed by atoms with Crippen LogP contribution in [-0.2, 0) is 14.8 Å². The van der Waals surface area contributed by atoms with Crippen LogP contribution in [0.3, 0.4) is 0 Å². The number of benzene rings is 2. The fourth-order valence-corrected chi connectivity index (χ4v) is 4.63. The smallest absolute Gasteiger partial charge is 0.240 e. The van der Waals surface area contributed by atoms with E-state index in [1.807, 2.05) is 31.2 Å². The Morgan fingerprint density at radius 1 is 1.14 bits per heavy atom. The van der Waals surface area contributed by atoms with Gasteiger partial charge in [-0.1, -0.05) is 30.3 Å². The van der Waals surface area contributed by atoms with Crippen LogP contribution in [0.4, 0.5) is 5.69 Å². The molecular weight excluding hydrogens is 374 g/mol. The summed E-state index contributed by atoms with van der Waals surface area (Å²) in [7, 11) is -3.59. The van der Waals surface area contributed by atoms with Crippen LogP contribution in [0.5, 0.6) is 0 Å². The van der Waals surface area contributed by atoms with Gasteiger partial charge in [-0.15, -0.1) is 0 Å². The summed E-state index contributed by atoms with van der Waals surface area (Å²) in [6.45, 7) is 3.47. The van der Waals surface area contributed by atoms with E-state index in [1.54, 1.807) is 18.2 Å². The predicted molar refractivity (Wildman–Crippen MR) is 111 cm³/mol. The van der Waals surface area contributed by atoms with E-state index in [0.29, 0.717) is 6.54 Å². The van der Waals surface area contributed by atoms with E-state index in [9.17, 15) is 13.2 Å². The Morgan fingerprint density at radius 2 is 1.93 bits per heavy atom. The quantitative estimate of drug-likeness (QED) is 0.712. The molecule has 1 saturated heterocycles. The zero-order valence-corrected chi connectivity index (χ0v) is 16.9. The van der Waals surface area contributed by atoms with Gasteiger partial charge in [0.1, 0.15) is 0 Å². The van der Waals surface area contributed by atoms with Gasteiger partial charge in [-0.05, 0) is 49.6 Å². The minimum absolute atomic E-state index is 0.0785. The third-order valence-electron chi connectivity index (χ3n) is 4.94. The summed E-state index contributed by atoms with van der Waals surface area (Å²) < 4.78 is 27.1. The van der Waals surface area contributed by atoms with Crippen molar-refractivity contribution in [3.63, 3.8) is 0 Å². The Labute approximate surface area is 167 Å². The number of para-hydroxylation sites is 1. The zero-order valence-electron chi connectivity index (χ0n) is 16.1. The van der Waals surface area contributed by atoms with Gasteiger partial charge in [-0.2, -0.15) is 0 Å². The van der Waals surface area contributed by atoms with Gasteiger partial charge in [0.05, 0.1) is 4.90 Å². The molecule has 0 aliphatic carbocycles. The third-order valence-corrected chi connectivity index (χ3v) is 6.40. The molecular formula is C21H27N3O3S. The van der Waals surface area contributed by atoms with Crippen LogP contribution in [0.25, 0.3) is 0 Å². The van der Waals surface area contributed by atoms with Crippen molar-refractivity contribution in [1.82, 2.24) is 10.0 Å². The van der Waals surface area contributed by atoms with Gasteiger partial charge >= 0.3 is 0 Å². The molecule has 150 valence electrons. The molecule has 0 bridgehead atoms.